The Morgan fingerprint density at radius 2 is 1.43 bits per heavy atom. The average molecular weight is 332 g/mol. The lowest BCUT2D eigenvalue weighted by Crippen LogP contribution is -2.38. The summed E-state index contributed by atoms with van der Waals surface area (Å²) >= 11 is 0. The van der Waals surface area contributed by atoms with E-state index in [1.807, 2.05) is 20.8 Å². The van der Waals surface area contributed by atoms with Gasteiger partial charge in [0, 0.05) is 19.4 Å². The van der Waals surface area contributed by atoms with E-state index in [9.17, 15) is 9.59 Å². The largest absolute Gasteiger partial charge is 0.511 e. The van der Waals surface area contributed by atoms with Crippen LogP contribution < -0.4 is 0 Å². The average Bonchev–Trinajstić information content (AvgIpc) is 2.32. The van der Waals surface area contributed by atoms with Crippen molar-refractivity contribution in [3.8, 4) is 0 Å². The molecule has 0 aromatic carbocycles. The van der Waals surface area contributed by atoms with Gasteiger partial charge in [0.2, 0.25) is 0 Å². The van der Waals surface area contributed by atoms with Crippen molar-refractivity contribution in [2.75, 3.05) is 6.61 Å². The number of ether oxygens (including phenoxy) is 3. The molecule has 0 aliphatic heterocycles. The van der Waals surface area contributed by atoms with Gasteiger partial charge in [-0.3, -0.25) is 0 Å². The van der Waals surface area contributed by atoms with Gasteiger partial charge >= 0.3 is 12.1 Å². The Morgan fingerprint density at radius 3 is 1.87 bits per heavy atom. The van der Waals surface area contributed by atoms with Crippen LogP contribution in [0.25, 0.3) is 0 Å². The minimum absolute atomic E-state index is 0.105. The SMILES string of the molecule is C=C(C)C(=O)OC(C)(C)OC(=O)OCC(C)(C)OOC(C)(C)C. The first-order chi connectivity index (χ1) is 10.1. The molecule has 0 saturated carbocycles. The standard InChI is InChI=1S/C16H28O7/c1-11(2)12(17)20-16(8,9)21-13(18)19-10-15(6,7)23-22-14(3,4)5/h1,10H2,2-9H3. The lowest BCUT2D eigenvalue weighted by Gasteiger charge is -2.29. The molecule has 0 fully saturated rings. The molecular formula is C16H28O7. The van der Waals surface area contributed by atoms with Crippen LogP contribution >= 0.6 is 0 Å². The third-order valence-corrected chi connectivity index (χ3v) is 2.07. The summed E-state index contributed by atoms with van der Waals surface area (Å²) in [6.07, 6.45) is -0.989. The number of esters is 1. The predicted octanol–water partition coefficient (Wildman–Crippen LogP) is 3.52. The Labute approximate surface area is 137 Å². The lowest BCUT2D eigenvalue weighted by molar-refractivity contribution is -0.401. The van der Waals surface area contributed by atoms with Crippen molar-refractivity contribution < 1.29 is 33.6 Å². The summed E-state index contributed by atoms with van der Waals surface area (Å²) in [7, 11) is 0. The molecule has 0 atom stereocenters. The highest BCUT2D eigenvalue weighted by molar-refractivity contribution is 5.87. The van der Waals surface area contributed by atoms with E-state index in [0.717, 1.165) is 0 Å². The zero-order valence-electron chi connectivity index (χ0n) is 15.3. The van der Waals surface area contributed by atoms with Gasteiger partial charge in [0.15, 0.2) is 0 Å². The van der Waals surface area contributed by atoms with Crippen LogP contribution in [0, 0.1) is 0 Å². The minimum atomic E-state index is -1.47. The molecule has 0 N–H and O–H groups in total. The first-order valence-electron chi connectivity index (χ1n) is 7.25. The number of hydrogen-bond acceptors (Lipinski definition) is 7. The van der Waals surface area contributed by atoms with E-state index in [2.05, 4.69) is 6.58 Å². The van der Waals surface area contributed by atoms with Crippen LogP contribution in [0.5, 0.6) is 0 Å². The van der Waals surface area contributed by atoms with Gasteiger partial charge in [-0.15, -0.1) is 0 Å². The Hall–Kier alpha value is -1.60. The smallest absolute Gasteiger partial charge is 0.431 e. The zero-order chi connectivity index (χ0) is 18.5. The highest BCUT2D eigenvalue weighted by Gasteiger charge is 2.31. The van der Waals surface area contributed by atoms with Crippen molar-refractivity contribution in [2.45, 2.75) is 72.4 Å². The minimum Gasteiger partial charge on any atom is -0.431 e. The van der Waals surface area contributed by atoms with Crippen molar-refractivity contribution in [1.29, 1.82) is 0 Å². The van der Waals surface area contributed by atoms with Gasteiger partial charge < -0.3 is 14.2 Å². The van der Waals surface area contributed by atoms with Crippen LogP contribution in [-0.4, -0.2) is 35.7 Å². The zero-order valence-corrected chi connectivity index (χ0v) is 15.3. The molecule has 7 nitrogen and oxygen atoms in total. The molecule has 7 heteroatoms. The van der Waals surface area contributed by atoms with Crippen LogP contribution in [0.15, 0.2) is 12.2 Å². The molecule has 0 aromatic rings. The molecule has 0 rings (SSSR count). The van der Waals surface area contributed by atoms with Crippen LogP contribution in [0.4, 0.5) is 4.79 Å². The summed E-state index contributed by atoms with van der Waals surface area (Å²) in [6, 6.07) is 0. The molecule has 0 amide bonds. The summed E-state index contributed by atoms with van der Waals surface area (Å²) in [6.45, 7) is 16.5. The fourth-order valence-electron chi connectivity index (χ4n) is 1.06. The molecule has 0 unspecified atom stereocenters. The summed E-state index contributed by atoms with van der Waals surface area (Å²) in [5.41, 5.74) is -1.16. The van der Waals surface area contributed by atoms with E-state index < -0.39 is 29.1 Å². The number of rotatable bonds is 7. The third kappa shape index (κ3) is 10.7. The molecule has 134 valence electrons. The Bertz CT molecular complexity index is 444. The van der Waals surface area contributed by atoms with Crippen molar-refractivity contribution in [1.82, 2.24) is 0 Å². The van der Waals surface area contributed by atoms with Gasteiger partial charge in [-0.25, -0.2) is 19.4 Å². The summed E-state index contributed by atoms with van der Waals surface area (Å²) in [5, 5.41) is 0. The van der Waals surface area contributed by atoms with E-state index >= 15 is 0 Å². The highest BCUT2D eigenvalue weighted by atomic mass is 17.2. The van der Waals surface area contributed by atoms with E-state index in [1.54, 1.807) is 13.8 Å². The monoisotopic (exact) mass is 332 g/mol. The van der Waals surface area contributed by atoms with Gasteiger partial charge in [-0.2, -0.15) is 0 Å². The van der Waals surface area contributed by atoms with Gasteiger partial charge in [0.1, 0.15) is 12.2 Å². The summed E-state index contributed by atoms with van der Waals surface area (Å²) in [4.78, 5) is 33.6. The van der Waals surface area contributed by atoms with E-state index in [1.165, 1.54) is 20.8 Å². The molecule has 0 saturated heterocycles. The van der Waals surface area contributed by atoms with Crippen LogP contribution in [0.2, 0.25) is 0 Å². The Balaban J connectivity index is 4.38. The van der Waals surface area contributed by atoms with Crippen molar-refractivity contribution in [3.05, 3.63) is 12.2 Å². The third-order valence-electron chi connectivity index (χ3n) is 2.07. The molecule has 0 heterocycles. The van der Waals surface area contributed by atoms with Crippen LogP contribution in [0.3, 0.4) is 0 Å². The second kappa shape index (κ2) is 7.79. The molecule has 0 aromatic heterocycles. The second-order valence-corrected chi connectivity index (χ2v) is 7.25. The van der Waals surface area contributed by atoms with Gasteiger partial charge in [-0.05, 0) is 41.5 Å². The number of hydrogen-bond donors (Lipinski definition) is 0. The van der Waals surface area contributed by atoms with Crippen molar-refractivity contribution >= 4 is 12.1 Å². The van der Waals surface area contributed by atoms with Crippen molar-refractivity contribution in [2.24, 2.45) is 0 Å². The second-order valence-electron chi connectivity index (χ2n) is 7.25. The fraction of sp³-hybridized carbons (Fsp3) is 0.750. The summed E-state index contributed by atoms with van der Waals surface area (Å²) < 4.78 is 14.9. The van der Waals surface area contributed by atoms with Crippen LogP contribution in [0.1, 0.15) is 55.4 Å². The molecule has 23 heavy (non-hydrogen) atoms. The Morgan fingerprint density at radius 1 is 0.913 bits per heavy atom. The number of carbonyl (C=O) groups excluding carboxylic acids is 2. The van der Waals surface area contributed by atoms with Gasteiger partial charge in [0.25, 0.3) is 5.79 Å². The first-order valence-corrected chi connectivity index (χ1v) is 7.25. The van der Waals surface area contributed by atoms with Crippen molar-refractivity contribution in [3.63, 3.8) is 0 Å². The van der Waals surface area contributed by atoms with E-state index in [-0.39, 0.29) is 12.2 Å². The first kappa shape index (κ1) is 21.4. The maximum Gasteiger partial charge on any atom is 0.511 e. The van der Waals surface area contributed by atoms with E-state index in [4.69, 9.17) is 24.0 Å². The molecular weight excluding hydrogens is 304 g/mol. The molecule has 0 radical (unpaired) electrons. The Kier molecular flexibility index (Phi) is 7.25. The molecule has 0 aliphatic carbocycles. The number of carbonyl (C=O) groups is 2. The highest BCUT2D eigenvalue weighted by Crippen LogP contribution is 2.18. The maximum atomic E-state index is 11.7. The molecule has 0 bridgehead atoms. The topological polar surface area (TPSA) is 80.3 Å². The van der Waals surface area contributed by atoms with Gasteiger partial charge in [0.05, 0.1) is 5.60 Å². The molecule has 0 aliphatic rings. The van der Waals surface area contributed by atoms with Crippen LogP contribution in [-0.2, 0) is 28.8 Å². The van der Waals surface area contributed by atoms with E-state index in [0.29, 0.717) is 0 Å². The summed E-state index contributed by atoms with van der Waals surface area (Å²) in [5.74, 6) is -2.13. The predicted molar refractivity (Wildman–Crippen MR) is 83.4 cm³/mol. The lowest BCUT2D eigenvalue weighted by atomic mass is 10.2. The normalized spacial score (nSPS) is 12.5. The van der Waals surface area contributed by atoms with Gasteiger partial charge in [-0.1, -0.05) is 6.58 Å². The molecule has 0 spiro atoms. The quantitative estimate of drug-likeness (QED) is 0.232. The fourth-order valence-corrected chi connectivity index (χ4v) is 1.06. The maximum absolute atomic E-state index is 11.7.